The van der Waals surface area contributed by atoms with Gasteiger partial charge in [-0.2, -0.15) is 0 Å². The summed E-state index contributed by atoms with van der Waals surface area (Å²) in [5.74, 6) is -0.645. The molecule has 0 aliphatic rings. The van der Waals surface area contributed by atoms with E-state index in [4.69, 9.17) is 5.73 Å². The van der Waals surface area contributed by atoms with E-state index in [9.17, 15) is 9.59 Å². The van der Waals surface area contributed by atoms with Crippen LogP contribution in [0.15, 0.2) is 60.0 Å². The van der Waals surface area contributed by atoms with Gasteiger partial charge in [0.1, 0.15) is 6.04 Å². The number of rotatable bonds is 8. The van der Waals surface area contributed by atoms with Gasteiger partial charge in [0.25, 0.3) is 0 Å². The number of hydrogen-bond donors (Lipinski definition) is 2. The van der Waals surface area contributed by atoms with Crippen molar-refractivity contribution in [2.24, 2.45) is 5.73 Å². The van der Waals surface area contributed by atoms with Crippen LogP contribution in [-0.2, 0) is 22.4 Å². The molecule has 0 saturated heterocycles. The minimum absolute atomic E-state index is 0.141. The SMILES string of the molecule is CN[C@H](Cc1csc2ccccc12)C(=O)N(C)[C@H](Cc1ccccc1)C(N)=O. The van der Waals surface area contributed by atoms with Crippen LogP contribution in [0, 0.1) is 0 Å². The fraction of sp³-hybridized carbons (Fsp3) is 0.273. The maximum atomic E-state index is 13.1. The lowest BCUT2D eigenvalue weighted by Gasteiger charge is -2.29. The van der Waals surface area contributed by atoms with E-state index in [-0.39, 0.29) is 5.91 Å². The third kappa shape index (κ3) is 4.40. The number of hydrogen-bond acceptors (Lipinski definition) is 4. The molecule has 0 bridgehead atoms. The Morgan fingerprint density at radius 1 is 1.07 bits per heavy atom. The second-order valence-corrected chi connectivity index (χ2v) is 7.77. The lowest BCUT2D eigenvalue weighted by Crippen LogP contribution is -2.53. The summed E-state index contributed by atoms with van der Waals surface area (Å²) in [5.41, 5.74) is 7.72. The molecule has 2 amide bonds. The van der Waals surface area contributed by atoms with Crippen molar-refractivity contribution in [1.29, 1.82) is 0 Å². The molecular weight excluding hydrogens is 370 g/mol. The molecule has 3 rings (SSSR count). The monoisotopic (exact) mass is 395 g/mol. The van der Waals surface area contributed by atoms with Crippen LogP contribution in [0.3, 0.4) is 0 Å². The van der Waals surface area contributed by atoms with E-state index >= 15 is 0 Å². The van der Waals surface area contributed by atoms with Gasteiger partial charge in [0.2, 0.25) is 11.8 Å². The highest BCUT2D eigenvalue weighted by Crippen LogP contribution is 2.27. The maximum Gasteiger partial charge on any atom is 0.240 e. The fourth-order valence-electron chi connectivity index (χ4n) is 3.39. The highest BCUT2D eigenvalue weighted by Gasteiger charge is 2.30. The molecule has 2 aromatic carbocycles. The Morgan fingerprint density at radius 3 is 2.43 bits per heavy atom. The van der Waals surface area contributed by atoms with Crippen LogP contribution >= 0.6 is 11.3 Å². The quantitative estimate of drug-likeness (QED) is 0.616. The van der Waals surface area contributed by atoms with E-state index < -0.39 is 18.0 Å². The number of likely N-dealkylation sites (N-methyl/N-ethyl adjacent to an activating group) is 2. The Kier molecular flexibility index (Phi) is 6.44. The lowest BCUT2D eigenvalue weighted by atomic mass is 10.0. The van der Waals surface area contributed by atoms with Crippen molar-refractivity contribution < 1.29 is 9.59 Å². The minimum atomic E-state index is -0.690. The number of nitrogens with one attached hydrogen (secondary N) is 1. The Labute approximate surface area is 169 Å². The molecule has 28 heavy (non-hydrogen) atoms. The number of carbonyl (C=O) groups excluding carboxylic acids is 2. The lowest BCUT2D eigenvalue weighted by molar-refractivity contribution is -0.139. The summed E-state index contributed by atoms with van der Waals surface area (Å²) in [4.78, 5) is 26.7. The van der Waals surface area contributed by atoms with Crippen LogP contribution in [-0.4, -0.2) is 42.9 Å². The molecular formula is C22H25N3O2S. The molecule has 3 N–H and O–H groups in total. The van der Waals surface area contributed by atoms with Crippen LogP contribution in [0.1, 0.15) is 11.1 Å². The topological polar surface area (TPSA) is 75.4 Å². The molecule has 3 aromatic rings. The highest BCUT2D eigenvalue weighted by atomic mass is 32.1. The van der Waals surface area contributed by atoms with Gasteiger partial charge < -0.3 is 16.0 Å². The van der Waals surface area contributed by atoms with Crippen molar-refractivity contribution in [3.63, 3.8) is 0 Å². The molecule has 146 valence electrons. The number of amides is 2. The molecule has 0 fully saturated rings. The first-order valence-electron chi connectivity index (χ1n) is 9.23. The summed E-state index contributed by atoms with van der Waals surface area (Å²) >= 11 is 1.67. The van der Waals surface area contributed by atoms with E-state index in [2.05, 4.69) is 22.8 Å². The van der Waals surface area contributed by atoms with Gasteiger partial charge in [0, 0.05) is 18.2 Å². The summed E-state index contributed by atoms with van der Waals surface area (Å²) in [6.07, 6.45) is 0.955. The Balaban J connectivity index is 1.77. The molecule has 5 nitrogen and oxygen atoms in total. The van der Waals surface area contributed by atoms with Crippen molar-refractivity contribution in [2.75, 3.05) is 14.1 Å². The van der Waals surface area contributed by atoms with E-state index in [1.165, 1.54) is 15.0 Å². The van der Waals surface area contributed by atoms with Crippen molar-refractivity contribution in [2.45, 2.75) is 24.9 Å². The summed E-state index contributed by atoms with van der Waals surface area (Å²) in [6, 6.07) is 16.6. The summed E-state index contributed by atoms with van der Waals surface area (Å²) in [5, 5.41) is 6.37. The van der Waals surface area contributed by atoms with Gasteiger partial charge in [-0.3, -0.25) is 9.59 Å². The van der Waals surface area contributed by atoms with Crippen LogP contribution in [0.5, 0.6) is 0 Å². The van der Waals surface area contributed by atoms with Crippen LogP contribution in [0.2, 0.25) is 0 Å². The summed E-state index contributed by atoms with van der Waals surface area (Å²) < 4.78 is 1.20. The second-order valence-electron chi connectivity index (χ2n) is 6.86. The average molecular weight is 396 g/mol. The van der Waals surface area contributed by atoms with Gasteiger partial charge in [-0.05, 0) is 41.4 Å². The van der Waals surface area contributed by atoms with Crippen molar-refractivity contribution in [3.8, 4) is 0 Å². The molecule has 1 aromatic heterocycles. The largest absolute Gasteiger partial charge is 0.368 e. The molecule has 0 aliphatic heterocycles. The van der Waals surface area contributed by atoms with Gasteiger partial charge in [-0.1, -0.05) is 48.5 Å². The minimum Gasteiger partial charge on any atom is -0.368 e. The molecule has 1 heterocycles. The fourth-order valence-corrected chi connectivity index (χ4v) is 4.36. The van der Waals surface area contributed by atoms with Crippen LogP contribution in [0.25, 0.3) is 10.1 Å². The maximum absolute atomic E-state index is 13.1. The Bertz CT molecular complexity index is 955. The van der Waals surface area contributed by atoms with E-state index in [1.54, 1.807) is 25.4 Å². The number of nitrogens with zero attached hydrogens (tertiary/aromatic N) is 1. The van der Waals surface area contributed by atoms with E-state index in [0.717, 1.165) is 11.1 Å². The number of thiophene rings is 1. The summed E-state index contributed by atoms with van der Waals surface area (Å²) in [6.45, 7) is 0. The van der Waals surface area contributed by atoms with Gasteiger partial charge in [0.05, 0.1) is 6.04 Å². The number of benzene rings is 2. The highest BCUT2D eigenvalue weighted by molar-refractivity contribution is 7.17. The third-order valence-corrected chi connectivity index (χ3v) is 6.06. The molecule has 0 radical (unpaired) electrons. The summed E-state index contributed by atoms with van der Waals surface area (Å²) in [7, 11) is 3.41. The average Bonchev–Trinajstić information content (AvgIpc) is 3.12. The van der Waals surface area contributed by atoms with E-state index in [1.807, 2.05) is 42.5 Å². The first-order chi connectivity index (χ1) is 13.5. The molecule has 2 atom stereocenters. The first-order valence-corrected chi connectivity index (χ1v) is 10.1. The first kappa shape index (κ1) is 20.0. The number of carbonyl (C=O) groups is 2. The van der Waals surface area contributed by atoms with Gasteiger partial charge in [0.15, 0.2) is 0 Å². The molecule has 0 saturated carbocycles. The molecule has 0 spiro atoms. The van der Waals surface area contributed by atoms with E-state index in [0.29, 0.717) is 12.8 Å². The Morgan fingerprint density at radius 2 is 1.75 bits per heavy atom. The van der Waals surface area contributed by atoms with Crippen molar-refractivity contribution >= 4 is 33.2 Å². The predicted molar refractivity (Wildman–Crippen MR) is 114 cm³/mol. The molecule has 0 aliphatic carbocycles. The zero-order chi connectivity index (χ0) is 20.1. The number of nitrogens with two attached hydrogens (primary N) is 1. The van der Waals surface area contributed by atoms with Crippen LogP contribution in [0.4, 0.5) is 0 Å². The van der Waals surface area contributed by atoms with Crippen molar-refractivity contribution in [1.82, 2.24) is 10.2 Å². The smallest absolute Gasteiger partial charge is 0.240 e. The standard InChI is InChI=1S/C22H25N3O2S/c1-24-18(13-16-14-28-20-11-7-6-10-17(16)20)22(27)25(2)19(21(23)26)12-15-8-4-3-5-9-15/h3-11,14,18-19,24H,12-13H2,1-2H3,(H2,23,26)/t18-,19-/m1/s1. The molecule has 6 heteroatoms. The number of primary amides is 1. The van der Waals surface area contributed by atoms with Crippen molar-refractivity contribution in [3.05, 3.63) is 71.1 Å². The third-order valence-electron chi connectivity index (χ3n) is 5.05. The van der Waals surface area contributed by atoms with Gasteiger partial charge in [-0.25, -0.2) is 0 Å². The van der Waals surface area contributed by atoms with Gasteiger partial charge >= 0.3 is 0 Å². The zero-order valence-electron chi connectivity index (χ0n) is 16.1. The number of fused-ring (bicyclic) bond motifs is 1. The predicted octanol–water partition coefficient (Wildman–Crippen LogP) is 2.59. The normalized spacial score (nSPS) is 13.2. The van der Waals surface area contributed by atoms with Gasteiger partial charge in [-0.15, -0.1) is 11.3 Å². The zero-order valence-corrected chi connectivity index (χ0v) is 16.9. The molecule has 0 unspecified atom stereocenters. The van der Waals surface area contributed by atoms with Crippen LogP contribution < -0.4 is 11.1 Å². The second kappa shape index (κ2) is 8.99. The Hall–Kier alpha value is -2.70.